The number of hydrogen-bond donors (Lipinski definition) is 2. The number of aliphatic hydroxyl groups is 1. The fourth-order valence-electron chi connectivity index (χ4n) is 6.48. The maximum Gasteiger partial charge on any atom is 0.154 e. The van der Waals surface area contributed by atoms with Crippen LogP contribution in [0.3, 0.4) is 0 Å². The zero-order valence-electron chi connectivity index (χ0n) is 17.5. The highest BCUT2D eigenvalue weighted by molar-refractivity contribution is 5.87. The van der Waals surface area contributed by atoms with E-state index in [4.69, 9.17) is 4.74 Å². The minimum absolute atomic E-state index is 0.0293. The summed E-state index contributed by atoms with van der Waals surface area (Å²) in [7, 11) is 1.73. The third-order valence-corrected chi connectivity index (χ3v) is 7.77. The Kier molecular flexibility index (Phi) is 5.03. The molecule has 0 spiro atoms. The number of allylic oxidation sites excluding steroid dienone is 2. The van der Waals surface area contributed by atoms with Gasteiger partial charge in [0.05, 0.1) is 19.3 Å². The minimum atomic E-state index is -0.369. The molecule has 4 heteroatoms. The van der Waals surface area contributed by atoms with Crippen LogP contribution >= 0.6 is 0 Å². The summed E-state index contributed by atoms with van der Waals surface area (Å²) in [5, 5.41) is 14.6. The number of ketones is 1. The molecule has 1 aromatic rings. The summed E-state index contributed by atoms with van der Waals surface area (Å²) in [6.07, 6.45) is 6.72. The van der Waals surface area contributed by atoms with Crippen molar-refractivity contribution in [3.8, 4) is 5.75 Å². The van der Waals surface area contributed by atoms with Crippen molar-refractivity contribution < 1.29 is 14.6 Å². The third-order valence-electron chi connectivity index (χ3n) is 7.77. The van der Waals surface area contributed by atoms with Crippen molar-refractivity contribution in [3.05, 3.63) is 41.1 Å². The number of carbonyl (C=O) groups is 1. The minimum Gasteiger partial charge on any atom is -0.497 e. The topological polar surface area (TPSA) is 58.6 Å². The second-order valence-corrected chi connectivity index (χ2v) is 9.39. The molecule has 152 valence electrons. The summed E-state index contributed by atoms with van der Waals surface area (Å²) in [4.78, 5) is 11.4. The van der Waals surface area contributed by atoms with Gasteiger partial charge in [-0.25, -0.2) is 0 Å². The Balaban J connectivity index is 1.58. The van der Waals surface area contributed by atoms with E-state index in [0.717, 1.165) is 37.1 Å². The molecule has 0 bridgehead atoms. The molecular weight excluding hydrogens is 350 g/mol. The van der Waals surface area contributed by atoms with Gasteiger partial charge in [-0.1, -0.05) is 13.0 Å². The lowest BCUT2D eigenvalue weighted by atomic mass is 9.55. The van der Waals surface area contributed by atoms with Crippen molar-refractivity contribution in [3.63, 3.8) is 0 Å². The number of carbonyl (C=O) groups excluding carboxylic acids is 1. The summed E-state index contributed by atoms with van der Waals surface area (Å²) in [5.74, 6) is 2.72. The van der Waals surface area contributed by atoms with Crippen molar-refractivity contribution in [1.29, 1.82) is 0 Å². The fourth-order valence-corrected chi connectivity index (χ4v) is 6.48. The first-order chi connectivity index (χ1) is 13.3. The molecular formula is C24H33NO3. The summed E-state index contributed by atoms with van der Waals surface area (Å²) in [5.41, 5.74) is 3.76. The van der Waals surface area contributed by atoms with Gasteiger partial charge in [-0.2, -0.15) is 0 Å². The average Bonchev–Trinajstić information content (AvgIpc) is 2.91. The van der Waals surface area contributed by atoms with Gasteiger partial charge < -0.3 is 15.2 Å². The molecule has 28 heavy (non-hydrogen) atoms. The van der Waals surface area contributed by atoms with Crippen molar-refractivity contribution in [1.82, 2.24) is 5.32 Å². The Morgan fingerprint density at radius 1 is 1.32 bits per heavy atom. The van der Waals surface area contributed by atoms with Crippen LogP contribution in [0.4, 0.5) is 0 Å². The van der Waals surface area contributed by atoms with Crippen LogP contribution in [0.1, 0.15) is 63.5 Å². The second kappa shape index (κ2) is 7.22. The molecule has 2 saturated carbocycles. The molecule has 3 aliphatic carbocycles. The van der Waals surface area contributed by atoms with Crippen molar-refractivity contribution >= 4 is 5.78 Å². The Morgan fingerprint density at radius 2 is 2.11 bits per heavy atom. The molecule has 0 aliphatic heterocycles. The number of ether oxygens (including phenoxy) is 1. The first-order valence-corrected chi connectivity index (χ1v) is 10.6. The lowest BCUT2D eigenvalue weighted by molar-refractivity contribution is -0.112. The number of hydrogen-bond acceptors (Lipinski definition) is 4. The first kappa shape index (κ1) is 19.5. The Hall–Kier alpha value is -1.81. The number of fused-ring (bicyclic) bond motifs is 5. The lowest BCUT2D eigenvalue weighted by Crippen LogP contribution is -2.46. The van der Waals surface area contributed by atoms with Crippen LogP contribution in [-0.4, -0.2) is 30.1 Å². The van der Waals surface area contributed by atoms with Crippen molar-refractivity contribution in [2.24, 2.45) is 17.3 Å². The molecule has 0 unspecified atom stereocenters. The number of methoxy groups -OCH3 is 1. The van der Waals surface area contributed by atoms with Gasteiger partial charge in [0.25, 0.3) is 0 Å². The molecule has 1 aromatic carbocycles. The molecule has 0 amide bonds. The van der Waals surface area contributed by atoms with E-state index in [-0.39, 0.29) is 23.3 Å². The second-order valence-electron chi connectivity index (χ2n) is 9.39. The van der Waals surface area contributed by atoms with Crippen LogP contribution in [0.25, 0.3) is 0 Å². The van der Waals surface area contributed by atoms with Gasteiger partial charge in [0, 0.05) is 5.70 Å². The van der Waals surface area contributed by atoms with Gasteiger partial charge in [0.1, 0.15) is 5.75 Å². The van der Waals surface area contributed by atoms with E-state index < -0.39 is 0 Å². The smallest absolute Gasteiger partial charge is 0.154 e. The van der Waals surface area contributed by atoms with Crippen LogP contribution in [-0.2, 0) is 11.2 Å². The van der Waals surface area contributed by atoms with Gasteiger partial charge in [0.2, 0.25) is 0 Å². The summed E-state index contributed by atoms with van der Waals surface area (Å²) in [6, 6.07) is 6.61. The number of benzene rings is 1. The predicted octanol–water partition coefficient (Wildman–Crippen LogP) is 3.97. The Bertz CT molecular complexity index is 801. The highest BCUT2D eigenvalue weighted by Gasteiger charge is 2.58. The maximum absolute atomic E-state index is 11.4. The maximum atomic E-state index is 11.4. The van der Waals surface area contributed by atoms with Crippen molar-refractivity contribution in [2.45, 2.75) is 70.9 Å². The van der Waals surface area contributed by atoms with Crippen LogP contribution < -0.4 is 10.1 Å². The van der Waals surface area contributed by atoms with Crippen LogP contribution in [0.15, 0.2) is 30.0 Å². The molecule has 4 nitrogen and oxygen atoms in total. The summed E-state index contributed by atoms with van der Waals surface area (Å²) < 4.78 is 5.42. The Labute approximate surface area is 168 Å². The number of aliphatic hydroxyl groups excluding tert-OH is 1. The van der Waals surface area contributed by atoms with Gasteiger partial charge >= 0.3 is 0 Å². The lowest BCUT2D eigenvalue weighted by Gasteiger charge is -2.50. The van der Waals surface area contributed by atoms with Gasteiger partial charge in [-0.15, -0.1) is 0 Å². The molecule has 4 rings (SSSR count). The largest absolute Gasteiger partial charge is 0.497 e. The summed E-state index contributed by atoms with van der Waals surface area (Å²) in [6.45, 7) is 5.77. The number of nitrogens with one attached hydrogen (secondary N) is 1. The molecule has 0 saturated heterocycles. The normalized spacial score (nSPS) is 36.9. The zero-order chi connectivity index (χ0) is 20.1. The SMILES string of the molecule is COc1ccc2c(c1)CC[C@@H]1[C@@H]2CC[C@]2(C)[C@@H](O)[C@@H](N/C(C)=C/C(C)=O)C[C@@H]12. The number of aryl methyl sites for hydroxylation is 1. The van der Waals surface area contributed by atoms with E-state index in [0.29, 0.717) is 17.8 Å². The highest BCUT2D eigenvalue weighted by Crippen LogP contribution is 2.61. The zero-order valence-corrected chi connectivity index (χ0v) is 17.5. The third kappa shape index (κ3) is 3.16. The van der Waals surface area contributed by atoms with E-state index in [1.165, 1.54) is 17.5 Å². The molecule has 2 fully saturated rings. The van der Waals surface area contributed by atoms with Crippen LogP contribution in [0.5, 0.6) is 5.75 Å². The summed E-state index contributed by atoms with van der Waals surface area (Å²) >= 11 is 0. The van der Waals surface area contributed by atoms with E-state index >= 15 is 0 Å². The molecule has 2 N–H and O–H groups in total. The van der Waals surface area contributed by atoms with E-state index in [1.54, 1.807) is 20.1 Å². The predicted molar refractivity (Wildman–Crippen MR) is 110 cm³/mol. The van der Waals surface area contributed by atoms with Crippen molar-refractivity contribution in [2.75, 3.05) is 7.11 Å². The molecule has 0 heterocycles. The molecule has 6 atom stereocenters. The van der Waals surface area contributed by atoms with E-state index in [1.807, 2.05) is 6.92 Å². The monoisotopic (exact) mass is 383 g/mol. The standard InChI is InChI=1S/C24H33NO3/c1-14(11-15(2)26)25-22-13-21-20-7-5-16-12-17(28-4)6-8-18(16)19(20)9-10-24(21,3)23(22)27/h6,8,11-12,19-23,25,27H,5,7,9-10,13H2,1-4H3/b14-11+/t19-,20-,21+,22+,23+,24+/m1/s1. The molecule has 3 aliphatic rings. The van der Waals surface area contributed by atoms with Crippen LogP contribution in [0.2, 0.25) is 0 Å². The fraction of sp³-hybridized carbons (Fsp3) is 0.625. The molecule has 0 radical (unpaired) electrons. The first-order valence-electron chi connectivity index (χ1n) is 10.6. The van der Waals surface area contributed by atoms with Crippen LogP contribution in [0, 0.1) is 17.3 Å². The number of rotatable bonds is 4. The van der Waals surface area contributed by atoms with Gasteiger partial charge in [-0.05, 0) is 98.5 Å². The molecule has 0 aromatic heterocycles. The highest BCUT2D eigenvalue weighted by atomic mass is 16.5. The quantitative estimate of drug-likeness (QED) is 0.773. The Morgan fingerprint density at radius 3 is 2.82 bits per heavy atom. The van der Waals surface area contributed by atoms with E-state index in [2.05, 4.69) is 30.4 Å². The average molecular weight is 384 g/mol. The van der Waals surface area contributed by atoms with Gasteiger partial charge in [-0.3, -0.25) is 4.79 Å². The van der Waals surface area contributed by atoms with Gasteiger partial charge in [0.15, 0.2) is 5.78 Å². The van der Waals surface area contributed by atoms with E-state index in [9.17, 15) is 9.90 Å².